The summed E-state index contributed by atoms with van der Waals surface area (Å²) in [6, 6.07) is 24.2. The van der Waals surface area contributed by atoms with E-state index in [4.69, 9.17) is 4.42 Å². The molecule has 1 radical (unpaired) electrons. The van der Waals surface area contributed by atoms with E-state index < -0.39 is 0 Å². The third-order valence-electron chi connectivity index (χ3n) is 8.28. The van der Waals surface area contributed by atoms with Crippen LogP contribution in [0.25, 0.3) is 44.5 Å². The Morgan fingerprint density at radius 2 is 1.58 bits per heavy atom. The molecule has 45 heavy (non-hydrogen) atoms. The van der Waals surface area contributed by atoms with Gasteiger partial charge in [0, 0.05) is 67.1 Å². The number of allylic oxidation sites excluding steroid dienone is 2. The van der Waals surface area contributed by atoms with Crippen molar-refractivity contribution in [1.29, 1.82) is 0 Å². The number of hydrogen-bond donors (Lipinski definition) is 1. The van der Waals surface area contributed by atoms with Crippen molar-refractivity contribution in [2.45, 2.75) is 79.6 Å². The van der Waals surface area contributed by atoms with Crippen LogP contribution in [0, 0.1) is 17.9 Å². The fourth-order valence-corrected chi connectivity index (χ4v) is 5.51. The number of aliphatic hydroxyl groups excluding tert-OH is 1. The molecule has 0 aliphatic heterocycles. The van der Waals surface area contributed by atoms with Gasteiger partial charge >= 0.3 is 0 Å². The van der Waals surface area contributed by atoms with E-state index in [1.54, 1.807) is 6.20 Å². The van der Waals surface area contributed by atoms with E-state index in [2.05, 4.69) is 73.2 Å². The zero-order valence-electron chi connectivity index (χ0n) is 27.5. The van der Waals surface area contributed by atoms with Crippen molar-refractivity contribution < 1.29 is 34.4 Å². The van der Waals surface area contributed by atoms with Gasteiger partial charge in [0.15, 0.2) is 5.78 Å². The molecule has 0 bridgehead atoms. The van der Waals surface area contributed by atoms with Crippen LogP contribution < -0.4 is 0 Å². The number of benzene rings is 2. The van der Waals surface area contributed by atoms with Gasteiger partial charge in [0.1, 0.15) is 5.76 Å². The van der Waals surface area contributed by atoms with E-state index in [1.807, 2.05) is 58.2 Å². The molecule has 1 N–H and O–H groups in total. The molecule has 5 aromatic rings. The molecule has 0 fully saturated rings. The van der Waals surface area contributed by atoms with Crippen LogP contribution in [0.2, 0.25) is 0 Å². The first kappa shape index (κ1) is 35.9. The van der Waals surface area contributed by atoms with Crippen LogP contribution >= 0.6 is 0 Å². The number of fused-ring (bicyclic) bond motifs is 2. The number of ketones is 1. The van der Waals surface area contributed by atoms with Crippen LogP contribution in [0.4, 0.5) is 0 Å². The van der Waals surface area contributed by atoms with E-state index in [9.17, 15) is 9.90 Å². The molecular weight excluding hydrogens is 737 g/mol. The maximum absolute atomic E-state index is 11.7. The number of aromatic nitrogens is 2. The third-order valence-corrected chi connectivity index (χ3v) is 8.28. The van der Waals surface area contributed by atoms with Crippen molar-refractivity contribution in [3.8, 4) is 22.6 Å². The van der Waals surface area contributed by atoms with Gasteiger partial charge in [0.25, 0.3) is 0 Å². The summed E-state index contributed by atoms with van der Waals surface area (Å²) in [5.41, 5.74) is 4.81. The number of carbonyl (C=O) groups is 1. The van der Waals surface area contributed by atoms with Crippen LogP contribution in [0.3, 0.4) is 0 Å². The van der Waals surface area contributed by atoms with Gasteiger partial charge in [0.2, 0.25) is 5.71 Å². The summed E-state index contributed by atoms with van der Waals surface area (Å²) in [6.07, 6.45) is 8.47. The average Bonchev–Trinajstić information content (AvgIpc) is 3.46. The minimum absolute atomic E-state index is 0. The maximum atomic E-state index is 11.7. The Hall–Kier alpha value is -3.60. The normalized spacial score (nSPS) is 11.9. The number of carbonyl (C=O) groups excluding carboxylic acids is 1. The molecular formula is C39H45IrN2O3-. The molecule has 3 aromatic heterocycles. The smallest absolute Gasteiger partial charge is 0.226 e. The largest absolute Gasteiger partial charge is 0.512 e. The maximum Gasteiger partial charge on any atom is 0.226 e. The second-order valence-electron chi connectivity index (χ2n) is 12.3. The molecule has 0 spiro atoms. The molecule has 239 valence electrons. The minimum Gasteiger partial charge on any atom is -0.512 e. The summed E-state index contributed by atoms with van der Waals surface area (Å²) >= 11 is 0. The van der Waals surface area contributed by atoms with Gasteiger partial charge in [0.05, 0.1) is 5.76 Å². The van der Waals surface area contributed by atoms with E-state index in [0.717, 1.165) is 59.0 Å². The Kier molecular flexibility index (Phi) is 12.8. The quantitative estimate of drug-likeness (QED) is 0.0916. The minimum atomic E-state index is 0. The standard InChI is InChI=1S/C26H21N2O.C13H24O2.Ir/c1-26(2,3)22-14-20(13-17-7-4-5-9-21(17)22)23-15-18(10-12-27-23)24-16-19-8-6-11-28-25(19)29-24;1-5-10(6-2)12(14)9-13(15)11(7-3)8-4;/h4-12,14-16H,1-3H3;9-11,14H,5-8H2,1-4H3;/q-1;;/b;12-9-;. The topological polar surface area (TPSA) is 76.2 Å². The Bertz CT molecular complexity index is 1710. The Morgan fingerprint density at radius 3 is 2.22 bits per heavy atom. The summed E-state index contributed by atoms with van der Waals surface area (Å²) in [4.78, 5) is 20.6. The van der Waals surface area contributed by atoms with E-state index in [1.165, 1.54) is 17.0 Å². The van der Waals surface area contributed by atoms with Crippen molar-refractivity contribution in [3.05, 3.63) is 96.5 Å². The predicted octanol–water partition coefficient (Wildman–Crippen LogP) is 10.7. The fraction of sp³-hybridized carbons (Fsp3) is 0.359. The summed E-state index contributed by atoms with van der Waals surface area (Å²) in [6.45, 7) is 14.8. The molecule has 3 heterocycles. The second kappa shape index (κ2) is 16.1. The summed E-state index contributed by atoms with van der Waals surface area (Å²) in [5.74, 6) is 1.34. The van der Waals surface area contributed by atoms with Gasteiger partial charge in [-0.15, -0.1) is 29.1 Å². The van der Waals surface area contributed by atoms with Crippen molar-refractivity contribution in [1.82, 2.24) is 9.97 Å². The van der Waals surface area contributed by atoms with Crippen molar-refractivity contribution in [3.63, 3.8) is 0 Å². The monoisotopic (exact) mass is 782 g/mol. The SMILES string of the molecule is CC(C)(C)c1cc(-c2cc(-c3cc4cccnc4o3)ccn2)[c-]c2ccccc12.CCC(CC)C(=O)/C=C(\O)C(CC)CC.[Ir]. The average molecular weight is 782 g/mol. The third kappa shape index (κ3) is 8.77. The molecule has 0 unspecified atom stereocenters. The van der Waals surface area contributed by atoms with Crippen LogP contribution in [0.15, 0.2) is 89.3 Å². The molecule has 0 atom stereocenters. The Labute approximate surface area is 281 Å². The number of hydrogen-bond acceptors (Lipinski definition) is 5. The summed E-state index contributed by atoms with van der Waals surface area (Å²) in [7, 11) is 0. The number of aliphatic hydroxyl groups is 1. The second-order valence-corrected chi connectivity index (χ2v) is 12.3. The number of rotatable bonds is 9. The predicted molar refractivity (Wildman–Crippen MR) is 182 cm³/mol. The molecule has 0 saturated carbocycles. The van der Waals surface area contributed by atoms with Gasteiger partial charge in [-0.1, -0.05) is 83.7 Å². The Balaban J connectivity index is 0.000000297. The van der Waals surface area contributed by atoms with Crippen molar-refractivity contribution in [2.24, 2.45) is 11.8 Å². The van der Waals surface area contributed by atoms with Crippen LogP contribution in [-0.4, -0.2) is 20.9 Å². The van der Waals surface area contributed by atoms with Gasteiger partial charge in [-0.3, -0.25) is 9.78 Å². The van der Waals surface area contributed by atoms with Gasteiger partial charge in [-0.05, 0) is 55.4 Å². The number of pyridine rings is 2. The molecule has 5 nitrogen and oxygen atoms in total. The first-order valence-corrected chi connectivity index (χ1v) is 15.8. The molecule has 0 aliphatic carbocycles. The van der Waals surface area contributed by atoms with E-state index in [-0.39, 0.29) is 48.9 Å². The van der Waals surface area contributed by atoms with E-state index in [0.29, 0.717) is 5.71 Å². The molecule has 0 saturated heterocycles. The van der Waals surface area contributed by atoms with Crippen molar-refractivity contribution >= 4 is 27.7 Å². The number of furan rings is 1. The van der Waals surface area contributed by atoms with Crippen LogP contribution in [0.1, 0.15) is 79.7 Å². The fourth-order valence-electron chi connectivity index (χ4n) is 5.51. The Morgan fingerprint density at radius 1 is 0.889 bits per heavy atom. The molecule has 6 heteroatoms. The van der Waals surface area contributed by atoms with Gasteiger partial charge in [-0.25, -0.2) is 4.98 Å². The zero-order valence-corrected chi connectivity index (χ0v) is 29.9. The first-order chi connectivity index (χ1) is 21.1. The molecule has 2 aromatic carbocycles. The van der Waals surface area contributed by atoms with Crippen molar-refractivity contribution in [2.75, 3.05) is 0 Å². The van der Waals surface area contributed by atoms with Gasteiger partial charge in [-0.2, -0.15) is 0 Å². The van der Waals surface area contributed by atoms with Crippen LogP contribution in [-0.2, 0) is 30.3 Å². The molecule has 0 amide bonds. The van der Waals surface area contributed by atoms with Gasteiger partial charge < -0.3 is 9.52 Å². The molecule has 0 aliphatic rings. The van der Waals surface area contributed by atoms with E-state index >= 15 is 0 Å². The van der Waals surface area contributed by atoms with Crippen LogP contribution in [0.5, 0.6) is 0 Å². The molecule has 5 rings (SSSR count). The summed E-state index contributed by atoms with van der Waals surface area (Å²) in [5, 5.41) is 13.1. The summed E-state index contributed by atoms with van der Waals surface area (Å²) < 4.78 is 5.94. The zero-order chi connectivity index (χ0) is 31.9. The first-order valence-electron chi connectivity index (χ1n) is 15.8. The number of nitrogens with zero attached hydrogens (tertiary/aromatic N) is 2.